The number of hydrogen-bond acceptors (Lipinski definition) is 3. The second-order valence-electron chi connectivity index (χ2n) is 5.78. The van der Waals surface area contributed by atoms with Crippen molar-refractivity contribution in [1.82, 2.24) is 5.32 Å². The van der Waals surface area contributed by atoms with Crippen LogP contribution < -0.4 is 5.32 Å². The highest BCUT2D eigenvalue weighted by Gasteiger charge is 2.32. The van der Waals surface area contributed by atoms with Gasteiger partial charge in [-0.2, -0.15) is 0 Å². The second kappa shape index (κ2) is 6.89. The maximum atomic E-state index is 12.1. The molecule has 1 saturated heterocycles. The Hall–Kier alpha value is -1.35. The molecule has 0 aliphatic carbocycles. The molecule has 20 heavy (non-hydrogen) atoms. The minimum Gasteiger partial charge on any atom is -0.466 e. The predicted octanol–water partition coefficient (Wildman–Crippen LogP) is 3.07. The quantitative estimate of drug-likeness (QED) is 0.858. The van der Waals surface area contributed by atoms with Crippen molar-refractivity contribution in [1.29, 1.82) is 0 Å². The molecule has 1 aliphatic rings. The lowest BCUT2D eigenvalue weighted by Crippen LogP contribution is -2.40. The third kappa shape index (κ3) is 3.40. The van der Waals surface area contributed by atoms with Crippen LogP contribution in [0.3, 0.4) is 0 Å². The highest BCUT2D eigenvalue weighted by molar-refractivity contribution is 5.74. The molecule has 1 heterocycles. The third-order valence-electron chi connectivity index (χ3n) is 4.10. The number of piperidine rings is 1. The summed E-state index contributed by atoms with van der Waals surface area (Å²) in [5, 5.41) is 3.30. The van der Waals surface area contributed by atoms with E-state index in [1.807, 2.05) is 6.92 Å². The van der Waals surface area contributed by atoms with E-state index in [1.54, 1.807) is 0 Å². The van der Waals surface area contributed by atoms with E-state index in [0.717, 1.165) is 19.5 Å². The number of hydrogen-bond donors (Lipinski definition) is 1. The molecule has 1 aromatic rings. The molecule has 0 amide bonds. The molecule has 2 rings (SSSR count). The highest BCUT2D eigenvalue weighted by Crippen LogP contribution is 2.32. The zero-order valence-corrected chi connectivity index (χ0v) is 12.7. The largest absolute Gasteiger partial charge is 0.466 e. The molecule has 0 saturated carbocycles. The minimum absolute atomic E-state index is 0.0615. The molecule has 110 valence electrons. The summed E-state index contributed by atoms with van der Waals surface area (Å²) in [7, 11) is 0. The van der Waals surface area contributed by atoms with Crippen molar-refractivity contribution in [3.05, 3.63) is 35.4 Å². The zero-order chi connectivity index (χ0) is 14.5. The lowest BCUT2D eigenvalue weighted by atomic mass is 9.80. The Morgan fingerprint density at radius 1 is 1.35 bits per heavy atom. The Balaban J connectivity index is 2.16. The molecule has 0 spiro atoms. The molecule has 1 aromatic carbocycles. The minimum atomic E-state index is -0.0716. The van der Waals surface area contributed by atoms with Crippen molar-refractivity contribution < 1.29 is 9.53 Å². The van der Waals surface area contributed by atoms with Crippen LogP contribution in [0.15, 0.2) is 24.3 Å². The first kappa shape index (κ1) is 15.0. The fourth-order valence-electron chi connectivity index (χ4n) is 2.88. The van der Waals surface area contributed by atoms with Gasteiger partial charge in [-0.05, 0) is 42.9 Å². The molecular weight excluding hydrogens is 250 g/mol. The highest BCUT2D eigenvalue weighted by atomic mass is 16.5. The number of ether oxygens (including phenoxy) is 1. The van der Waals surface area contributed by atoms with Crippen LogP contribution in [0.5, 0.6) is 0 Å². The van der Waals surface area contributed by atoms with Crippen molar-refractivity contribution in [3.63, 3.8) is 0 Å². The summed E-state index contributed by atoms with van der Waals surface area (Å²) in [6.07, 6.45) is 0.991. The first-order valence-electron chi connectivity index (χ1n) is 7.60. The summed E-state index contributed by atoms with van der Waals surface area (Å²) in [5.74, 6) is 0.681. The van der Waals surface area contributed by atoms with E-state index in [4.69, 9.17) is 4.74 Å². The van der Waals surface area contributed by atoms with Gasteiger partial charge in [0.05, 0.1) is 12.5 Å². The summed E-state index contributed by atoms with van der Waals surface area (Å²) in [4.78, 5) is 12.1. The standard InChI is InChI=1S/C17H25NO2/c1-4-20-17(19)16-11-18-10-9-15(16)14-7-5-13(6-8-14)12(2)3/h5-8,12,15-16,18H,4,9-11H2,1-3H3/t15-,16-/m0/s1. The maximum Gasteiger partial charge on any atom is 0.310 e. The third-order valence-corrected chi connectivity index (χ3v) is 4.10. The number of carbonyl (C=O) groups excluding carboxylic acids is 1. The van der Waals surface area contributed by atoms with Gasteiger partial charge in [0.25, 0.3) is 0 Å². The van der Waals surface area contributed by atoms with E-state index in [0.29, 0.717) is 12.5 Å². The summed E-state index contributed by atoms with van der Waals surface area (Å²) < 4.78 is 5.22. The number of carbonyl (C=O) groups is 1. The number of esters is 1. The Bertz CT molecular complexity index is 439. The van der Waals surface area contributed by atoms with Crippen LogP contribution in [-0.4, -0.2) is 25.7 Å². The zero-order valence-electron chi connectivity index (χ0n) is 12.7. The summed E-state index contributed by atoms with van der Waals surface area (Å²) in [6, 6.07) is 8.73. The van der Waals surface area contributed by atoms with Gasteiger partial charge in [-0.15, -0.1) is 0 Å². The fourth-order valence-corrected chi connectivity index (χ4v) is 2.88. The monoisotopic (exact) mass is 275 g/mol. The van der Waals surface area contributed by atoms with Crippen molar-refractivity contribution >= 4 is 5.97 Å². The molecule has 0 unspecified atom stereocenters. The van der Waals surface area contributed by atoms with E-state index in [1.165, 1.54) is 11.1 Å². The van der Waals surface area contributed by atoms with E-state index >= 15 is 0 Å². The lowest BCUT2D eigenvalue weighted by Gasteiger charge is -2.31. The van der Waals surface area contributed by atoms with Gasteiger partial charge < -0.3 is 10.1 Å². The van der Waals surface area contributed by atoms with Crippen LogP contribution in [0.4, 0.5) is 0 Å². The Morgan fingerprint density at radius 2 is 2.05 bits per heavy atom. The Kier molecular flexibility index (Phi) is 5.18. The normalized spacial score (nSPS) is 22.8. The van der Waals surface area contributed by atoms with Crippen LogP contribution in [0.25, 0.3) is 0 Å². The molecule has 1 aliphatic heterocycles. The van der Waals surface area contributed by atoms with Crippen LogP contribution >= 0.6 is 0 Å². The van der Waals surface area contributed by atoms with Gasteiger partial charge >= 0.3 is 5.97 Å². The van der Waals surface area contributed by atoms with Crippen molar-refractivity contribution in [3.8, 4) is 0 Å². The number of benzene rings is 1. The average Bonchev–Trinajstić information content (AvgIpc) is 2.47. The molecular formula is C17H25NO2. The molecule has 3 heteroatoms. The summed E-state index contributed by atoms with van der Waals surface area (Å²) in [6.45, 7) is 8.39. The van der Waals surface area contributed by atoms with Crippen molar-refractivity contribution in [2.75, 3.05) is 19.7 Å². The van der Waals surface area contributed by atoms with E-state index in [2.05, 4.69) is 43.4 Å². The Labute approximate surface area is 121 Å². The van der Waals surface area contributed by atoms with Crippen LogP contribution in [0.1, 0.15) is 50.2 Å². The van der Waals surface area contributed by atoms with E-state index in [-0.39, 0.29) is 17.8 Å². The molecule has 0 aromatic heterocycles. The van der Waals surface area contributed by atoms with Gasteiger partial charge in [-0.3, -0.25) is 4.79 Å². The molecule has 2 atom stereocenters. The van der Waals surface area contributed by atoms with Gasteiger partial charge in [-0.1, -0.05) is 38.1 Å². The summed E-state index contributed by atoms with van der Waals surface area (Å²) in [5.41, 5.74) is 2.60. The molecule has 1 N–H and O–H groups in total. The SMILES string of the molecule is CCOC(=O)[C@H]1CNCC[C@H]1c1ccc(C(C)C)cc1. The van der Waals surface area contributed by atoms with Gasteiger partial charge in [-0.25, -0.2) is 0 Å². The summed E-state index contributed by atoms with van der Waals surface area (Å²) >= 11 is 0. The first-order chi connectivity index (χ1) is 9.63. The van der Waals surface area contributed by atoms with Gasteiger partial charge in [0, 0.05) is 6.54 Å². The van der Waals surface area contributed by atoms with Crippen molar-refractivity contribution in [2.24, 2.45) is 5.92 Å². The van der Waals surface area contributed by atoms with Crippen LogP contribution in [0.2, 0.25) is 0 Å². The molecule has 0 bridgehead atoms. The van der Waals surface area contributed by atoms with Gasteiger partial charge in [0.1, 0.15) is 0 Å². The fraction of sp³-hybridized carbons (Fsp3) is 0.588. The maximum absolute atomic E-state index is 12.1. The van der Waals surface area contributed by atoms with E-state index in [9.17, 15) is 4.79 Å². The van der Waals surface area contributed by atoms with Crippen LogP contribution in [0, 0.1) is 5.92 Å². The second-order valence-corrected chi connectivity index (χ2v) is 5.78. The lowest BCUT2D eigenvalue weighted by molar-refractivity contribution is -0.149. The molecule has 1 fully saturated rings. The Morgan fingerprint density at radius 3 is 2.65 bits per heavy atom. The number of nitrogens with one attached hydrogen (secondary N) is 1. The topological polar surface area (TPSA) is 38.3 Å². The van der Waals surface area contributed by atoms with E-state index < -0.39 is 0 Å². The molecule has 0 radical (unpaired) electrons. The van der Waals surface area contributed by atoms with Crippen molar-refractivity contribution in [2.45, 2.75) is 39.0 Å². The first-order valence-corrected chi connectivity index (χ1v) is 7.60. The number of rotatable bonds is 4. The van der Waals surface area contributed by atoms with Gasteiger partial charge in [0.15, 0.2) is 0 Å². The van der Waals surface area contributed by atoms with Gasteiger partial charge in [0.2, 0.25) is 0 Å². The van der Waals surface area contributed by atoms with Crippen LogP contribution in [-0.2, 0) is 9.53 Å². The molecule has 3 nitrogen and oxygen atoms in total. The smallest absolute Gasteiger partial charge is 0.310 e. The average molecular weight is 275 g/mol. The predicted molar refractivity (Wildman–Crippen MR) is 80.9 cm³/mol.